The summed E-state index contributed by atoms with van der Waals surface area (Å²) in [6.45, 7) is 6.73. The second-order valence-electron chi connectivity index (χ2n) is 5.95. The maximum absolute atomic E-state index is 12.8. The van der Waals surface area contributed by atoms with Crippen LogP contribution in [0.25, 0.3) is 0 Å². The molecule has 0 bridgehead atoms. The third-order valence-electron chi connectivity index (χ3n) is 3.98. The summed E-state index contributed by atoms with van der Waals surface area (Å²) in [6.07, 6.45) is 7.88. The molecule has 1 fully saturated rings. The average molecular weight is 301 g/mol. The van der Waals surface area contributed by atoms with E-state index in [2.05, 4.69) is 25.2 Å². The van der Waals surface area contributed by atoms with E-state index >= 15 is 0 Å². The molecular weight excluding hydrogens is 274 g/mol. The first-order chi connectivity index (χ1) is 9.51. The summed E-state index contributed by atoms with van der Waals surface area (Å²) in [5.41, 5.74) is 0. The molecule has 2 aliphatic heterocycles. The number of hydrogen-bond acceptors (Lipinski definition) is 3. The predicted molar refractivity (Wildman–Crippen MR) is 81.7 cm³/mol. The van der Waals surface area contributed by atoms with E-state index in [0.29, 0.717) is 25.7 Å². The summed E-state index contributed by atoms with van der Waals surface area (Å²) < 4.78 is 28.9. The van der Waals surface area contributed by atoms with Crippen molar-refractivity contribution in [1.82, 2.24) is 13.9 Å². The van der Waals surface area contributed by atoms with E-state index in [-0.39, 0.29) is 6.04 Å². The maximum atomic E-state index is 12.8. The van der Waals surface area contributed by atoms with Crippen LogP contribution in [0.1, 0.15) is 39.5 Å². The Bertz CT molecular complexity index is 434. The molecular formula is C14H27N3O2S. The van der Waals surface area contributed by atoms with Crippen LogP contribution in [0.4, 0.5) is 0 Å². The molecule has 2 rings (SSSR count). The van der Waals surface area contributed by atoms with Crippen molar-refractivity contribution in [2.75, 3.05) is 26.2 Å². The summed E-state index contributed by atoms with van der Waals surface area (Å²) in [4.78, 5) is 0. The van der Waals surface area contributed by atoms with Crippen molar-refractivity contribution in [3.8, 4) is 0 Å². The Labute approximate surface area is 123 Å². The molecule has 2 heterocycles. The van der Waals surface area contributed by atoms with Crippen LogP contribution in [-0.4, -0.2) is 55.3 Å². The van der Waals surface area contributed by atoms with Gasteiger partial charge in [0.05, 0.1) is 0 Å². The molecule has 2 aliphatic rings. The quantitative estimate of drug-likeness (QED) is 0.780. The van der Waals surface area contributed by atoms with Gasteiger partial charge < -0.3 is 5.32 Å². The first kappa shape index (κ1) is 15.9. The lowest BCUT2D eigenvalue weighted by atomic mass is 10.0. The zero-order valence-electron chi connectivity index (χ0n) is 12.6. The zero-order valence-corrected chi connectivity index (χ0v) is 13.4. The van der Waals surface area contributed by atoms with Crippen molar-refractivity contribution in [1.29, 1.82) is 0 Å². The van der Waals surface area contributed by atoms with Crippen molar-refractivity contribution in [3.63, 3.8) is 0 Å². The number of nitrogens with one attached hydrogen (secondary N) is 1. The largest absolute Gasteiger partial charge is 0.313 e. The number of nitrogens with zero attached hydrogens (tertiary/aromatic N) is 2. The third-order valence-corrected chi connectivity index (χ3v) is 6.04. The molecule has 0 aromatic heterocycles. The summed E-state index contributed by atoms with van der Waals surface area (Å²) in [6, 6.07) is 0.487. The standard InChI is InChI=1S/C14H27N3O2S/c1-13(2)15-12-14-8-4-7-11-17(14)20(18,19)16-9-5-3-6-10-16/h3,5,13-15H,4,6-12H2,1-2H3. The van der Waals surface area contributed by atoms with Crippen molar-refractivity contribution in [2.24, 2.45) is 0 Å². The smallest absolute Gasteiger partial charge is 0.282 e. The predicted octanol–water partition coefficient (Wildman–Crippen LogP) is 1.35. The van der Waals surface area contributed by atoms with Crippen LogP contribution in [0.15, 0.2) is 12.2 Å². The van der Waals surface area contributed by atoms with Gasteiger partial charge in [-0.2, -0.15) is 17.0 Å². The van der Waals surface area contributed by atoms with E-state index < -0.39 is 10.2 Å². The van der Waals surface area contributed by atoms with E-state index in [1.807, 2.05) is 6.08 Å². The van der Waals surface area contributed by atoms with Gasteiger partial charge in [-0.1, -0.05) is 32.4 Å². The topological polar surface area (TPSA) is 52.7 Å². The van der Waals surface area contributed by atoms with Gasteiger partial charge in [0.15, 0.2) is 0 Å². The van der Waals surface area contributed by atoms with E-state index in [9.17, 15) is 8.42 Å². The van der Waals surface area contributed by atoms with Crippen molar-refractivity contribution in [2.45, 2.75) is 51.6 Å². The number of hydrogen-bond donors (Lipinski definition) is 1. The SMILES string of the molecule is CC(C)NCC1CCCCN1S(=O)(=O)N1CC=CCC1. The fourth-order valence-electron chi connectivity index (χ4n) is 2.83. The second kappa shape index (κ2) is 7.02. The third kappa shape index (κ3) is 3.81. The van der Waals surface area contributed by atoms with Crippen LogP contribution in [0.3, 0.4) is 0 Å². The molecule has 5 nitrogen and oxygen atoms in total. The van der Waals surface area contributed by atoms with Crippen LogP contribution in [-0.2, 0) is 10.2 Å². The van der Waals surface area contributed by atoms with E-state index in [1.54, 1.807) is 8.61 Å². The number of piperidine rings is 1. The van der Waals surface area contributed by atoms with Gasteiger partial charge >= 0.3 is 0 Å². The normalized spacial score (nSPS) is 26.2. The highest BCUT2D eigenvalue weighted by Crippen LogP contribution is 2.23. The molecule has 6 heteroatoms. The molecule has 0 radical (unpaired) electrons. The molecule has 1 atom stereocenters. The molecule has 0 amide bonds. The fourth-order valence-corrected chi connectivity index (χ4v) is 4.65. The summed E-state index contributed by atoms with van der Waals surface area (Å²) in [7, 11) is -3.31. The van der Waals surface area contributed by atoms with E-state index in [4.69, 9.17) is 0 Å². The Kier molecular flexibility index (Phi) is 5.60. The minimum atomic E-state index is -3.31. The summed E-state index contributed by atoms with van der Waals surface area (Å²) in [5, 5.41) is 3.38. The van der Waals surface area contributed by atoms with Gasteiger partial charge in [-0.3, -0.25) is 0 Å². The molecule has 1 saturated heterocycles. The first-order valence-electron chi connectivity index (χ1n) is 7.67. The van der Waals surface area contributed by atoms with Gasteiger partial charge in [-0.15, -0.1) is 0 Å². The molecule has 0 aromatic rings. The molecule has 1 N–H and O–H groups in total. The Morgan fingerprint density at radius 2 is 2.05 bits per heavy atom. The van der Waals surface area contributed by atoms with Gasteiger partial charge in [0.1, 0.15) is 0 Å². The van der Waals surface area contributed by atoms with Crippen molar-refractivity contribution < 1.29 is 8.42 Å². The molecule has 20 heavy (non-hydrogen) atoms. The minimum Gasteiger partial charge on any atom is -0.313 e. The monoisotopic (exact) mass is 301 g/mol. The van der Waals surface area contributed by atoms with Crippen molar-refractivity contribution in [3.05, 3.63) is 12.2 Å². The highest BCUT2D eigenvalue weighted by molar-refractivity contribution is 7.86. The first-order valence-corrected chi connectivity index (χ1v) is 9.07. The van der Waals surface area contributed by atoms with Crippen molar-refractivity contribution >= 4 is 10.2 Å². The van der Waals surface area contributed by atoms with Crippen LogP contribution >= 0.6 is 0 Å². The van der Waals surface area contributed by atoms with E-state index in [0.717, 1.165) is 32.2 Å². The summed E-state index contributed by atoms with van der Waals surface area (Å²) >= 11 is 0. The second-order valence-corrected chi connectivity index (χ2v) is 7.83. The average Bonchev–Trinajstić information content (AvgIpc) is 2.46. The molecule has 0 spiro atoms. The fraction of sp³-hybridized carbons (Fsp3) is 0.857. The lowest BCUT2D eigenvalue weighted by Crippen LogP contribution is -2.54. The molecule has 0 aliphatic carbocycles. The molecule has 116 valence electrons. The van der Waals surface area contributed by atoms with Gasteiger partial charge in [0, 0.05) is 38.3 Å². The Morgan fingerprint density at radius 3 is 2.70 bits per heavy atom. The van der Waals surface area contributed by atoms with Crippen LogP contribution < -0.4 is 5.32 Å². The highest BCUT2D eigenvalue weighted by atomic mass is 32.2. The Morgan fingerprint density at radius 1 is 1.25 bits per heavy atom. The van der Waals surface area contributed by atoms with Crippen LogP contribution in [0.2, 0.25) is 0 Å². The maximum Gasteiger partial charge on any atom is 0.282 e. The Hall–Kier alpha value is -0.430. The summed E-state index contributed by atoms with van der Waals surface area (Å²) in [5.74, 6) is 0. The number of rotatable bonds is 5. The molecule has 0 saturated carbocycles. The zero-order chi connectivity index (χ0) is 14.6. The van der Waals surface area contributed by atoms with Crippen LogP contribution in [0, 0.1) is 0 Å². The highest BCUT2D eigenvalue weighted by Gasteiger charge is 2.36. The molecule has 0 aromatic carbocycles. The van der Waals surface area contributed by atoms with Gasteiger partial charge in [-0.05, 0) is 19.3 Å². The van der Waals surface area contributed by atoms with Gasteiger partial charge in [-0.25, -0.2) is 0 Å². The van der Waals surface area contributed by atoms with Crippen LogP contribution in [0.5, 0.6) is 0 Å². The van der Waals surface area contributed by atoms with Gasteiger partial charge in [0.25, 0.3) is 10.2 Å². The van der Waals surface area contributed by atoms with Gasteiger partial charge in [0.2, 0.25) is 0 Å². The molecule has 1 unspecified atom stereocenters. The lowest BCUT2D eigenvalue weighted by molar-refractivity contribution is 0.224. The Balaban J connectivity index is 2.07. The van der Waals surface area contributed by atoms with E-state index in [1.165, 1.54) is 0 Å². The minimum absolute atomic E-state index is 0.0991. The lowest BCUT2D eigenvalue weighted by Gasteiger charge is -2.38.